The van der Waals surface area contributed by atoms with E-state index in [0.29, 0.717) is 10.6 Å². The standard InChI is InChI=1S/C30H23ClN2O/c31-26-18-16-22(17-19-26)27(20-29(34)23-10-4-1-5-11-23)28(21-32)33-30(24-12-6-2-7-13-24)25-14-8-3-9-15-25/h1-19,27-28H,20H2. The summed E-state index contributed by atoms with van der Waals surface area (Å²) in [6, 6.07) is 37.7. The third-order valence-corrected chi connectivity index (χ3v) is 5.93. The predicted molar refractivity (Wildman–Crippen MR) is 138 cm³/mol. The van der Waals surface area contributed by atoms with Crippen LogP contribution >= 0.6 is 11.6 Å². The highest BCUT2D eigenvalue weighted by molar-refractivity contribution is 6.30. The molecule has 0 heterocycles. The zero-order valence-corrected chi connectivity index (χ0v) is 19.3. The van der Waals surface area contributed by atoms with Crippen LogP contribution in [-0.4, -0.2) is 17.5 Å². The predicted octanol–water partition coefficient (Wildman–Crippen LogP) is 7.13. The summed E-state index contributed by atoms with van der Waals surface area (Å²) < 4.78 is 0. The zero-order chi connectivity index (χ0) is 23.8. The lowest BCUT2D eigenvalue weighted by Gasteiger charge is -2.21. The van der Waals surface area contributed by atoms with Crippen LogP contribution in [0.3, 0.4) is 0 Å². The van der Waals surface area contributed by atoms with Gasteiger partial charge >= 0.3 is 0 Å². The van der Waals surface area contributed by atoms with Crippen LogP contribution in [0.1, 0.15) is 39.4 Å². The molecule has 4 aromatic carbocycles. The SMILES string of the molecule is N#CC(N=C(c1ccccc1)c1ccccc1)C(CC(=O)c1ccccc1)c1ccc(Cl)cc1. The van der Waals surface area contributed by atoms with Gasteiger partial charge in [0, 0.05) is 34.1 Å². The van der Waals surface area contributed by atoms with Crippen LogP contribution < -0.4 is 0 Å². The van der Waals surface area contributed by atoms with Crippen LogP contribution in [0.2, 0.25) is 5.02 Å². The molecule has 0 spiro atoms. The molecule has 166 valence electrons. The summed E-state index contributed by atoms with van der Waals surface area (Å²) in [4.78, 5) is 18.1. The van der Waals surface area contributed by atoms with Crippen LogP contribution in [0.4, 0.5) is 0 Å². The van der Waals surface area contributed by atoms with E-state index in [0.717, 1.165) is 22.4 Å². The molecule has 0 aliphatic heterocycles. The van der Waals surface area contributed by atoms with Gasteiger partial charge in [0.15, 0.2) is 5.78 Å². The lowest BCUT2D eigenvalue weighted by Crippen LogP contribution is -2.21. The van der Waals surface area contributed by atoms with E-state index in [1.54, 1.807) is 24.3 Å². The molecule has 0 saturated carbocycles. The molecule has 34 heavy (non-hydrogen) atoms. The Morgan fingerprint density at radius 1 is 0.735 bits per heavy atom. The number of nitrogens with zero attached hydrogens (tertiary/aromatic N) is 2. The van der Waals surface area contributed by atoms with Gasteiger partial charge in [0.1, 0.15) is 6.04 Å². The van der Waals surface area contributed by atoms with Gasteiger partial charge in [-0.05, 0) is 17.7 Å². The third kappa shape index (κ3) is 5.67. The first-order valence-electron chi connectivity index (χ1n) is 11.1. The van der Waals surface area contributed by atoms with E-state index in [9.17, 15) is 10.1 Å². The molecule has 0 radical (unpaired) electrons. The summed E-state index contributed by atoms with van der Waals surface area (Å²) in [5, 5.41) is 10.8. The van der Waals surface area contributed by atoms with Crippen LogP contribution in [-0.2, 0) is 0 Å². The quantitative estimate of drug-likeness (QED) is 0.206. The van der Waals surface area contributed by atoms with Gasteiger partial charge in [-0.1, -0.05) is 115 Å². The molecule has 0 aliphatic carbocycles. The number of ketones is 1. The Morgan fingerprint density at radius 3 is 1.68 bits per heavy atom. The van der Waals surface area contributed by atoms with Gasteiger partial charge in [0.2, 0.25) is 0 Å². The Bertz CT molecular complexity index is 1250. The Morgan fingerprint density at radius 2 is 1.21 bits per heavy atom. The fourth-order valence-electron chi connectivity index (χ4n) is 3.92. The molecule has 0 saturated heterocycles. The van der Waals surface area contributed by atoms with Crippen molar-refractivity contribution in [1.29, 1.82) is 5.26 Å². The van der Waals surface area contributed by atoms with Crippen LogP contribution in [0.25, 0.3) is 0 Å². The van der Waals surface area contributed by atoms with Crippen molar-refractivity contribution >= 4 is 23.1 Å². The molecule has 2 unspecified atom stereocenters. The maximum atomic E-state index is 13.2. The first kappa shape index (κ1) is 23.2. The van der Waals surface area contributed by atoms with Crippen molar-refractivity contribution in [2.45, 2.75) is 18.4 Å². The summed E-state index contributed by atoms with van der Waals surface area (Å²) >= 11 is 6.12. The number of hydrogen-bond donors (Lipinski definition) is 0. The molecule has 4 aromatic rings. The van der Waals surface area contributed by atoms with Crippen molar-refractivity contribution in [3.63, 3.8) is 0 Å². The van der Waals surface area contributed by atoms with E-state index in [1.165, 1.54) is 0 Å². The highest BCUT2D eigenvalue weighted by Gasteiger charge is 2.27. The van der Waals surface area contributed by atoms with Gasteiger partial charge in [0.25, 0.3) is 0 Å². The Hall–Kier alpha value is -4.00. The first-order valence-corrected chi connectivity index (χ1v) is 11.5. The zero-order valence-electron chi connectivity index (χ0n) is 18.5. The van der Waals surface area contributed by atoms with Gasteiger partial charge < -0.3 is 0 Å². The summed E-state index contributed by atoms with van der Waals surface area (Å²) in [7, 11) is 0. The number of aliphatic imine (C=N–C) groups is 1. The molecule has 4 heteroatoms. The fourth-order valence-corrected chi connectivity index (χ4v) is 4.05. The number of Topliss-reactive ketones (excluding diaryl/α,β-unsaturated/α-hetero) is 1. The van der Waals surface area contributed by atoms with E-state index >= 15 is 0 Å². The molecule has 4 rings (SSSR count). The maximum Gasteiger partial charge on any atom is 0.163 e. The van der Waals surface area contributed by atoms with Crippen molar-refractivity contribution in [3.05, 3.63) is 143 Å². The second-order valence-electron chi connectivity index (χ2n) is 7.94. The second kappa shape index (κ2) is 11.2. The third-order valence-electron chi connectivity index (χ3n) is 5.68. The number of carbonyl (C=O) groups excluding carboxylic acids is 1. The van der Waals surface area contributed by atoms with Gasteiger partial charge in [-0.15, -0.1) is 0 Å². The summed E-state index contributed by atoms with van der Waals surface area (Å²) in [6.07, 6.45) is 0.157. The van der Waals surface area contributed by atoms with E-state index in [2.05, 4.69) is 6.07 Å². The second-order valence-corrected chi connectivity index (χ2v) is 8.37. The van der Waals surface area contributed by atoms with Gasteiger partial charge in [0.05, 0.1) is 11.8 Å². The summed E-state index contributed by atoms with van der Waals surface area (Å²) in [6.45, 7) is 0. The Balaban J connectivity index is 1.79. The van der Waals surface area contributed by atoms with Crippen molar-refractivity contribution in [2.24, 2.45) is 4.99 Å². The fraction of sp³-hybridized carbons (Fsp3) is 0.100. The molecule has 0 fully saturated rings. The Kier molecular flexibility index (Phi) is 7.65. The number of hydrogen-bond acceptors (Lipinski definition) is 3. The van der Waals surface area contributed by atoms with Gasteiger partial charge in [-0.25, -0.2) is 0 Å². The molecule has 0 amide bonds. The highest BCUT2D eigenvalue weighted by Crippen LogP contribution is 2.29. The normalized spacial score (nSPS) is 12.2. The van der Waals surface area contributed by atoms with Crippen molar-refractivity contribution in [1.82, 2.24) is 0 Å². The molecular weight excluding hydrogens is 440 g/mol. The van der Waals surface area contributed by atoms with Crippen LogP contribution in [0, 0.1) is 11.3 Å². The smallest absolute Gasteiger partial charge is 0.163 e. The summed E-state index contributed by atoms with van der Waals surface area (Å²) in [5.74, 6) is -0.464. The van der Waals surface area contributed by atoms with Crippen molar-refractivity contribution in [2.75, 3.05) is 0 Å². The molecule has 0 aromatic heterocycles. The Labute approximate surface area is 205 Å². The maximum absolute atomic E-state index is 13.2. The minimum Gasteiger partial charge on any atom is -0.294 e. The number of benzene rings is 4. The lowest BCUT2D eigenvalue weighted by molar-refractivity contribution is 0.0972. The minimum atomic E-state index is -0.774. The molecule has 3 nitrogen and oxygen atoms in total. The largest absolute Gasteiger partial charge is 0.294 e. The summed E-state index contributed by atoms with van der Waals surface area (Å²) in [5.41, 5.74) is 4.02. The van der Waals surface area contributed by atoms with Gasteiger partial charge in [-0.3, -0.25) is 9.79 Å². The average molecular weight is 463 g/mol. The molecular formula is C30H23ClN2O. The molecule has 0 N–H and O–H groups in total. The number of carbonyl (C=O) groups is 1. The van der Waals surface area contributed by atoms with E-state index in [-0.39, 0.29) is 12.2 Å². The van der Waals surface area contributed by atoms with E-state index in [4.69, 9.17) is 16.6 Å². The van der Waals surface area contributed by atoms with Gasteiger partial charge in [-0.2, -0.15) is 5.26 Å². The minimum absolute atomic E-state index is 0.0306. The van der Waals surface area contributed by atoms with Crippen molar-refractivity contribution < 1.29 is 4.79 Å². The monoisotopic (exact) mass is 462 g/mol. The average Bonchev–Trinajstić information content (AvgIpc) is 2.90. The number of nitriles is 1. The first-order chi connectivity index (χ1) is 16.7. The molecule has 0 aliphatic rings. The lowest BCUT2D eigenvalue weighted by atomic mass is 9.86. The van der Waals surface area contributed by atoms with E-state index < -0.39 is 12.0 Å². The highest BCUT2D eigenvalue weighted by atomic mass is 35.5. The molecule has 2 atom stereocenters. The molecule has 0 bridgehead atoms. The topological polar surface area (TPSA) is 53.2 Å². The number of rotatable bonds is 8. The van der Waals surface area contributed by atoms with Crippen LogP contribution in [0.15, 0.2) is 120 Å². The van der Waals surface area contributed by atoms with Crippen LogP contribution in [0.5, 0.6) is 0 Å². The van der Waals surface area contributed by atoms with Crippen molar-refractivity contribution in [3.8, 4) is 6.07 Å². The van der Waals surface area contributed by atoms with E-state index in [1.807, 2.05) is 91.0 Å². The number of halogens is 1.